The lowest BCUT2D eigenvalue weighted by atomic mass is 10.2. The van der Waals surface area contributed by atoms with Crippen LogP contribution in [0.1, 0.15) is 31.9 Å². The number of hydrogen-bond donors (Lipinski definition) is 1. The fourth-order valence-corrected chi connectivity index (χ4v) is 5.08. The number of anilines is 1. The maximum atomic E-state index is 13.7. The number of esters is 1. The zero-order valence-corrected chi connectivity index (χ0v) is 25.2. The van der Waals surface area contributed by atoms with Crippen LogP contribution in [0.25, 0.3) is 0 Å². The zero-order valence-electron chi connectivity index (χ0n) is 24.4. The fraction of sp³-hybridized carbons (Fsp3) is 0.300. The molecule has 42 heavy (non-hydrogen) atoms. The molecular formula is C30H35N3O8S. The second kappa shape index (κ2) is 13.9. The van der Waals surface area contributed by atoms with Crippen molar-refractivity contribution in [3.8, 4) is 17.2 Å². The summed E-state index contributed by atoms with van der Waals surface area (Å²) in [4.78, 5) is 24.6. The Balaban J connectivity index is 1.70. The summed E-state index contributed by atoms with van der Waals surface area (Å²) < 4.78 is 49.5. The Labute approximate surface area is 246 Å². The van der Waals surface area contributed by atoms with Gasteiger partial charge in [-0.05, 0) is 81.8 Å². The van der Waals surface area contributed by atoms with Gasteiger partial charge in [-0.2, -0.15) is 5.10 Å². The summed E-state index contributed by atoms with van der Waals surface area (Å²) in [5.74, 6) is -0.0844. The smallest absolute Gasteiger partial charge is 0.344 e. The van der Waals surface area contributed by atoms with E-state index < -0.39 is 34.0 Å². The molecule has 3 aromatic rings. The molecule has 12 heteroatoms. The first-order valence-corrected chi connectivity index (χ1v) is 14.3. The van der Waals surface area contributed by atoms with Crippen molar-refractivity contribution >= 4 is 33.8 Å². The van der Waals surface area contributed by atoms with Gasteiger partial charge in [0.2, 0.25) is 0 Å². The van der Waals surface area contributed by atoms with Crippen molar-refractivity contribution in [3.63, 3.8) is 0 Å². The summed E-state index contributed by atoms with van der Waals surface area (Å²) in [6.07, 6.45) is 1.40. The number of benzene rings is 3. The van der Waals surface area contributed by atoms with Gasteiger partial charge >= 0.3 is 5.97 Å². The Morgan fingerprint density at radius 3 is 2.17 bits per heavy atom. The highest BCUT2D eigenvalue weighted by Crippen LogP contribution is 2.32. The van der Waals surface area contributed by atoms with E-state index in [-0.39, 0.29) is 17.3 Å². The van der Waals surface area contributed by atoms with Crippen molar-refractivity contribution in [3.05, 3.63) is 77.9 Å². The lowest BCUT2D eigenvalue weighted by Crippen LogP contribution is -2.39. The van der Waals surface area contributed by atoms with Crippen LogP contribution in [-0.2, 0) is 24.3 Å². The molecule has 0 saturated carbocycles. The SMILES string of the molecule is COc1ccc(S(=O)(=O)N(CC(=O)NN=Cc2ccc(OCC(=O)OC(C)(C)C)cc2)c2ccc(C)cc2)cc1OC. The normalized spacial score (nSPS) is 11.6. The van der Waals surface area contributed by atoms with Gasteiger partial charge in [0.1, 0.15) is 17.9 Å². The van der Waals surface area contributed by atoms with Gasteiger partial charge < -0.3 is 18.9 Å². The molecule has 0 aliphatic heterocycles. The predicted molar refractivity (Wildman–Crippen MR) is 159 cm³/mol. The van der Waals surface area contributed by atoms with Crippen LogP contribution in [0.15, 0.2) is 76.7 Å². The number of nitrogens with one attached hydrogen (secondary N) is 1. The van der Waals surface area contributed by atoms with E-state index in [2.05, 4.69) is 10.5 Å². The highest BCUT2D eigenvalue weighted by atomic mass is 32.2. The maximum Gasteiger partial charge on any atom is 0.344 e. The number of carbonyl (C=O) groups is 2. The number of aryl methyl sites for hydroxylation is 1. The number of amides is 1. The number of methoxy groups -OCH3 is 2. The van der Waals surface area contributed by atoms with E-state index in [1.807, 2.05) is 6.92 Å². The summed E-state index contributed by atoms with van der Waals surface area (Å²) in [6, 6.07) is 17.6. The molecule has 0 spiro atoms. The maximum absolute atomic E-state index is 13.7. The number of sulfonamides is 1. The summed E-state index contributed by atoms with van der Waals surface area (Å²) >= 11 is 0. The molecule has 0 radical (unpaired) electrons. The van der Waals surface area contributed by atoms with Gasteiger partial charge in [-0.3, -0.25) is 9.10 Å². The third-order valence-electron chi connectivity index (χ3n) is 5.61. The highest BCUT2D eigenvalue weighted by molar-refractivity contribution is 7.92. The predicted octanol–water partition coefficient (Wildman–Crippen LogP) is 4.08. The van der Waals surface area contributed by atoms with Crippen LogP contribution < -0.4 is 23.9 Å². The molecule has 0 saturated heterocycles. The average molecular weight is 598 g/mol. The minimum Gasteiger partial charge on any atom is -0.493 e. The lowest BCUT2D eigenvalue weighted by Gasteiger charge is -2.24. The number of ether oxygens (including phenoxy) is 4. The quantitative estimate of drug-likeness (QED) is 0.188. The molecule has 1 N–H and O–H groups in total. The molecule has 0 aliphatic carbocycles. The van der Waals surface area contributed by atoms with Crippen LogP contribution in [0.2, 0.25) is 0 Å². The largest absolute Gasteiger partial charge is 0.493 e. The molecule has 3 rings (SSSR count). The second-order valence-corrected chi connectivity index (χ2v) is 12.0. The van der Waals surface area contributed by atoms with Crippen LogP contribution in [0.5, 0.6) is 17.2 Å². The molecule has 0 aliphatic rings. The van der Waals surface area contributed by atoms with Gasteiger partial charge in [0.25, 0.3) is 15.9 Å². The lowest BCUT2D eigenvalue weighted by molar-refractivity contribution is -0.157. The van der Waals surface area contributed by atoms with Crippen LogP contribution >= 0.6 is 0 Å². The van der Waals surface area contributed by atoms with Gasteiger partial charge in [0.05, 0.1) is 31.0 Å². The van der Waals surface area contributed by atoms with E-state index in [1.54, 1.807) is 69.3 Å². The number of hydrogen-bond acceptors (Lipinski definition) is 9. The van der Waals surface area contributed by atoms with Crippen molar-refractivity contribution in [1.82, 2.24) is 5.43 Å². The third kappa shape index (κ3) is 8.96. The third-order valence-corrected chi connectivity index (χ3v) is 7.38. The monoisotopic (exact) mass is 597 g/mol. The molecular weight excluding hydrogens is 562 g/mol. The van der Waals surface area contributed by atoms with Crippen molar-refractivity contribution in [2.75, 3.05) is 31.7 Å². The minimum atomic E-state index is -4.19. The van der Waals surface area contributed by atoms with Gasteiger partial charge in [0, 0.05) is 6.07 Å². The Morgan fingerprint density at radius 1 is 0.929 bits per heavy atom. The summed E-state index contributed by atoms with van der Waals surface area (Å²) in [5.41, 5.74) is 3.63. The van der Waals surface area contributed by atoms with E-state index in [0.717, 1.165) is 9.87 Å². The molecule has 0 unspecified atom stereocenters. The molecule has 1 amide bonds. The van der Waals surface area contributed by atoms with Gasteiger partial charge in [0.15, 0.2) is 18.1 Å². The highest BCUT2D eigenvalue weighted by Gasteiger charge is 2.28. The topological polar surface area (TPSA) is 133 Å². The van der Waals surface area contributed by atoms with E-state index in [4.69, 9.17) is 18.9 Å². The molecule has 11 nitrogen and oxygen atoms in total. The first-order chi connectivity index (χ1) is 19.8. The molecule has 224 valence electrons. The van der Waals surface area contributed by atoms with E-state index in [9.17, 15) is 18.0 Å². The van der Waals surface area contributed by atoms with Crippen LogP contribution in [0, 0.1) is 6.92 Å². The van der Waals surface area contributed by atoms with Crippen LogP contribution in [0.3, 0.4) is 0 Å². The fourth-order valence-electron chi connectivity index (χ4n) is 3.64. The van der Waals surface area contributed by atoms with Gasteiger partial charge in [-0.25, -0.2) is 18.6 Å². The van der Waals surface area contributed by atoms with Crippen molar-refractivity contribution in [2.24, 2.45) is 5.10 Å². The number of carbonyl (C=O) groups excluding carboxylic acids is 2. The van der Waals surface area contributed by atoms with Gasteiger partial charge in [-0.1, -0.05) is 17.7 Å². The van der Waals surface area contributed by atoms with E-state index in [1.165, 1.54) is 38.6 Å². The number of rotatable bonds is 12. The number of hydrazone groups is 1. The molecule has 0 heterocycles. The van der Waals surface area contributed by atoms with Crippen LogP contribution in [-0.4, -0.2) is 59.5 Å². The Morgan fingerprint density at radius 2 is 1.57 bits per heavy atom. The molecule has 3 aromatic carbocycles. The number of nitrogens with zero attached hydrogens (tertiary/aromatic N) is 2. The average Bonchev–Trinajstić information content (AvgIpc) is 2.94. The van der Waals surface area contributed by atoms with Crippen molar-refractivity contribution in [1.29, 1.82) is 0 Å². The zero-order chi connectivity index (χ0) is 30.9. The summed E-state index contributed by atoms with van der Waals surface area (Å²) in [7, 11) is -1.33. The van der Waals surface area contributed by atoms with Crippen molar-refractivity contribution < 1.29 is 37.0 Å². The first-order valence-electron chi connectivity index (χ1n) is 12.9. The molecule has 0 atom stereocenters. The van der Waals surface area contributed by atoms with E-state index in [0.29, 0.717) is 22.7 Å². The first kappa shape index (κ1) is 31.9. The second-order valence-electron chi connectivity index (χ2n) is 10.1. The minimum absolute atomic E-state index is 0.0778. The Kier molecular flexibility index (Phi) is 10.5. The van der Waals surface area contributed by atoms with Crippen molar-refractivity contribution in [2.45, 2.75) is 38.2 Å². The summed E-state index contributed by atoms with van der Waals surface area (Å²) in [5, 5.41) is 3.95. The molecule has 0 bridgehead atoms. The standard InChI is InChI=1S/C30H35N3O8S/c1-21-7-11-23(12-8-21)33(42(36,37)25-15-16-26(38-5)27(17-25)39-6)19-28(34)32-31-18-22-9-13-24(14-10-22)40-20-29(35)41-30(2,3)4/h7-18H,19-20H2,1-6H3,(H,32,34). The molecule has 0 aromatic heterocycles. The van der Waals surface area contributed by atoms with Crippen LogP contribution in [0.4, 0.5) is 5.69 Å². The Hall–Kier alpha value is -4.58. The Bertz CT molecular complexity index is 1510. The summed E-state index contributed by atoms with van der Waals surface area (Å²) in [6.45, 7) is 6.43. The molecule has 0 fully saturated rings. The van der Waals surface area contributed by atoms with E-state index >= 15 is 0 Å². The van der Waals surface area contributed by atoms with Gasteiger partial charge in [-0.15, -0.1) is 0 Å².